The third kappa shape index (κ3) is 3.83. The first-order valence-electron chi connectivity index (χ1n) is 11.3. The number of methoxy groups -OCH3 is 3. The van der Waals surface area contributed by atoms with Crippen molar-refractivity contribution >= 4 is 17.2 Å². The number of benzene rings is 2. The molecule has 0 amide bonds. The summed E-state index contributed by atoms with van der Waals surface area (Å²) in [6.45, 7) is 0. The van der Waals surface area contributed by atoms with Crippen LogP contribution in [0.25, 0.3) is 0 Å². The second kappa shape index (κ2) is 9.09. The largest absolute Gasteiger partial charge is 0.493 e. The van der Waals surface area contributed by atoms with E-state index in [-0.39, 0.29) is 17.7 Å². The van der Waals surface area contributed by atoms with Crippen molar-refractivity contribution < 1.29 is 24.0 Å². The van der Waals surface area contributed by atoms with Crippen LogP contribution in [-0.2, 0) is 4.79 Å². The van der Waals surface area contributed by atoms with Crippen molar-refractivity contribution in [3.05, 3.63) is 83.3 Å². The Morgan fingerprint density at radius 3 is 2.18 bits per heavy atom. The lowest BCUT2D eigenvalue weighted by Crippen LogP contribution is -2.27. The maximum atomic E-state index is 13.7. The number of H-pyrrole nitrogens is 1. The molecule has 0 bridgehead atoms. The van der Waals surface area contributed by atoms with Crippen molar-refractivity contribution in [1.82, 2.24) is 0 Å². The Balaban J connectivity index is 1.59. The highest BCUT2D eigenvalue weighted by molar-refractivity contribution is 6.01. The number of carbonyl (C=O) groups is 1. The van der Waals surface area contributed by atoms with E-state index in [0.29, 0.717) is 30.1 Å². The van der Waals surface area contributed by atoms with Crippen molar-refractivity contribution in [3.8, 4) is 17.2 Å². The summed E-state index contributed by atoms with van der Waals surface area (Å²) in [6.07, 6.45) is 4.85. The first-order valence-corrected chi connectivity index (χ1v) is 11.3. The predicted molar refractivity (Wildman–Crippen MR) is 130 cm³/mol. The van der Waals surface area contributed by atoms with Gasteiger partial charge in [-0.25, -0.2) is 4.98 Å². The lowest BCUT2D eigenvalue weighted by atomic mass is 9.78. The van der Waals surface area contributed by atoms with E-state index in [1.54, 1.807) is 21.3 Å². The van der Waals surface area contributed by atoms with E-state index in [2.05, 4.69) is 15.6 Å². The summed E-state index contributed by atoms with van der Waals surface area (Å²) in [5, 5.41) is 7.17. The van der Waals surface area contributed by atoms with Crippen LogP contribution in [0, 0.1) is 0 Å². The van der Waals surface area contributed by atoms with Gasteiger partial charge in [0.25, 0.3) is 0 Å². The quantitative estimate of drug-likeness (QED) is 0.586. The molecule has 2 unspecified atom stereocenters. The molecular weight excluding hydrogens is 430 g/mol. The number of pyridine rings is 1. The molecule has 0 spiro atoms. The Kier molecular flexibility index (Phi) is 5.84. The highest BCUT2D eigenvalue weighted by atomic mass is 16.5. The van der Waals surface area contributed by atoms with Crippen LogP contribution in [0.5, 0.6) is 17.2 Å². The zero-order chi connectivity index (χ0) is 23.7. The number of aromatic amines is 1. The van der Waals surface area contributed by atoms with Gasteiger partial charge in [-0.2, -0.15) is 0 Å². The van der Waals surface area contributed by atoms with E-state index >= 15 is 0 Å². The fraction of sp³-hybridized carbons (Fsp3) is 0.259. The molecule has 2 aliphatic rings. The molecule has 7 nitrogen and oxygen atoms in total. The number of hydrogen-bond acceptors (Lipinski definition) is 6. The number of carbonyl (C=O) groups excluding carboxylic acids is 1. The van der Waals surface area contributed by atoms with Gasteiger partial charge >= 0.3 is 0 Å². The van der Waals surface area contributed by atoms with Crippen molar-refractivity contribution in [2.75, 3.05) is 32.0 Å². The molecule has 0 fully saturated rings. The predicted octanol–water partition coefficient (Wildman–Crippen LogP) is 4.51. The van der Waals surface area contributed by atoms with Gasteiger partial charge in [0.1, 0.15) is 0 Å². The minimum absolute atomic E-state index is 0.0255. The van der Waals surface area contributed by atoms with Crippen LogP contribution in [0.15, 0.2) is 72.2 Å². The average molecular weight is 459 g/mol. The first-order chi connectivity index (χ1) is 16.6. The van der Waals surface area contributed by atoms with Gasteiger partial charge in [-0.1, -0.05) is 12.1 Å². The van der Waals surface area contributed by atoms with Gasteiger partial charge in [0.2, 0.25) is 5.75 Å². The van der Waals surface area contributed by atoms with E-state index in [0.717, 1.165) is 33.8 Å². The third-order valence-electron chi connectivity index (χ3n) is 6.54. The summed E-state index contributed by atoms with van der Waals surface area (Å²) in [5.74, 6) is 1.81. The molecule has 5 rings (SSSR count). The molecule has 34 heavy (non-hydrogen) atoms. The zero-order valence-corrected chi connectivity index (χ0v) is 19.5. The van der Waals surface area contributed by atoms with Crippen LogP contribution in [-0.4, -0.2) is 27.1 Å². The van der Waals surface area contributed by atoms with E-state index in [1.807, 2.05) is 60.9 Å². The molecule has 0 saturated heterocycles. The summed E-state index contributed by atoms with van der Waals surface area (Å²) in [6, 6.07) is 15.7. The van der Waals surface area contributed by atoms with Gasteiger partial charge in [-0.3, -0.25) is 4.79 Å². The van der Waals surface area contributed by atoms with Crippen molar-refractivity contribution in [1.29, 1.82) is 0 Å². The van der Waals surface area contributed by atoms with E-state index in [9.17, 15) is 4.79 Å². The number of fused-ring (bicyclic) bond motifs is 1. The standard InChI is InChI=1S/C27H27N3O4/c1-32-23-14-18(15-24(33-2)27(23)34-3)17-12-21-25(22(31)13-17)26(16-8-10-28-11-9-16)30-20-7-5-4-6-19(20)29-21/h4-11,14-15,17,26,29-30H,12-13H2,1-3H3/p+1. The highest BCUT2D eigenvalue weighted by Gasteiger charge is 2.36. The minimum atomic E-state index is -0.242. The molecule has 0 radical (unpaired) electrons. The molecule has 174 valence electrons. The Bertz CT molecular complexity index is 1230. The number of Topliss-reactive ketones (excluding diaryl/α,β-unsaturated/α-hetero) is 1. The molecule has 1 aliphatic carbocycles. The van der Waals surface area contributed by atoms with Crippen molar-refractivity contribution in [2.24, 2.45) is 0 Å². The topological polar surface area (TPSA) is 83.0 Å². The van der Waals surface area contributed by atoms with Gasteiger partial charge < -0.3 is 24.8 Å². The zero-order valence-electron chi connectivity index (χ0n) is 19.5. The molecule has 3 N–H and O–H groups in total. The average Bonchev–Trinajstić information content (AvgIpc) is 3.05. The van der Waals surface area contributed by atoms with Crippen LogP contribution < -0.4 is 29.8 Å². The number of ether oxygens (including phenoxy) is 3. The molecule has 3 aromatic rings. The Hall–Kier alpha value is -4.00. The number of allylic oxidation sites excluding steroid dienone is 1. The SMILES string of the molecule is COc1cc(C2CC(=O)C3=C(C2)Nc2ccccc2NC3c2cc[nH+]cc2)cc(OC)c1OC. The summed E-state index contributed by atoms with van der Waals surface area (Å²) < 4.78 is 16.6. The first kappa shape index (κ1) is 21.8. The number of hydrogen-bond donors (Lipinski definition) is 2. The monoisotopic (exact) mass is 458 g/mol. The van der Waals surface area contributed by atoms with Crippen LogP contribution in [0.4, 0.5) is 11.4 Å². The highest BCUT2D eigenvalue weighted by Crippen LogP contribution is 2.47. The summed E-state index contributed by atoms with van der Waals surface area (Å²) in [7, 11) is 4.79. The van der Waals surface area contributed by atoms with E-state index in [4.69, 9.17) is 14.2 Å². The van der Waals surface area contributed by atoms with Crippen LogP contribution in [0.2, 0.25) is 0 Å². The van der Waals surface area contributed by atoms with Gasteiger partial charge in [0.15, 0.2) is 29.7 Å². The second-order valence-electron chi connectivity index (χ2n) is 8.46. The smallest absolute Gasteiger partial charge is 0.203 e. The van der Waals surface area contributed by atoms with Crippen molar-refractivity contribution in [3.63, 3.8) is 0 Å². The molecule has 1 aliphatic heterocycles. The molecule has 1 aromatic heterocycles. The maximum Gasteiger partial charge on any atom is 0.203 e. The fourth-order valence-electron chi connectivity index (χ4n) is 4.91. The van der Waals surface area contributed by atoms with E-state index < -0.39 is 0 Å². The number of rotatable bonds is 5. The van der Waals surface area contributed by atoms with Gasteiger partial charge in [0.05, 0.1) is 38.7 Å². The number of ketones is 1. The third-order valence-corrected chi connectivity index (χ3v) is 6.54. The van der Waals surface area contributed by atoms with Gasteiger partial charge in [-0.05, 0) is 47.7 Å². The molecular formula is C27H28N3O4+. The lowest BCUT2D eigenvalue weighted by molar-refractivity contribution is -0.378. The van der Waals surface area contributed by atoms with Crippen LogP contribution >= 0.6 is 0 Å². The Labute approximate surface area is 198 Å². The number of para-hydroxylation sites is 2. The molecule has 2 aromatic carbocycles. The van der Waals surface area contributed by atoms with Crippen LogP contribution in [0.1, 0.15) is 35.9 Å². The van der Waals surface area contributed by atoms with Gasteiger partial charge in [0, 0.05) is 29.8 Å². The number of anilines is 2. The van der Waals surface area contributed by atoms with Gasteiger partial charge in [-0.15, -0.1) is 0 Å². The Morgan fingerprint density at radius 2 is 1.53 bits per heavy atom. The molecule has 2 atom stereocenters. The van der Waals surface area contributed by atoms with Crippen LogP contribution in [0.3, 0.4) is 0 Å². The lowest BCUT2D eigenvalue weighted by Gasteiger charge is -2.30. The summed E-state index contributed by atoms with van der Waals surface area (Å²) >= 11 is 0. The molecule has 0 saturated carbocycles. The Morgan fingerprint density at radius 1 is 0.853 bits per heavy atom. The number of nitrogens with one attached hydrogen (secondary N) is 3. The van der Waals surface area contributed by atoms with Crippen molar-refractivity contribution in [2.45, 2.75) is 24.8 Å². The maximum absolute atomic E-state index is 13.7. The normalized spacial score (nSPS) is 19.2. The molecule has 2 heterocycles. The minimum Gasteiger partial charge on any atom is -0.493 e. The summed E-state index contributed by atoms with van der Waals surface area (Å²) in [4.78, 5) is 16.8. The second-order valence-corrected chi connectivity index (χ2v) is 8.46. The number of aromatic nitrogens is 1. The fourth-order valence-corrected chi connectivity index (χ4v) is 4.91. The van der Waals surface area contributed by atoms with E-state index in [1.165, 1.54) is 0 Å². The molecule has 7 heteroatoms. The summed E-state index contributed by atoms with van der Waals surface area (Å²) in [5.41, 5.74) is 5.65.